The first-order chi connectivity index (χ1) is 7.24. The molecule has 0 fully saturated rings. The first-order valence-corrected chi connectivity index (χ1v) is 5.95. The molecule has 0 aromatic carbocycles. The molecule has 0 aliphatic heterocycles. The van der Waals surface area contributed by atoms with Crippen LogP contribution in [0.15, 0.2) is 18.3 Å². The van der Waals surface area contributed by atoms with E-state index in [1.54, 1.807) is 6.20 Å². The van der Waals surface area contributed by atoms with Crippen LogP contribution < -0.4 is 5.73 Å². The van der Waals surface area contributed by atoms with Crippen molar-refractivity contribution in [3.8, 4) is 0 Å². The molecule has 2 nitrogen and oxygen atoms in total. The number of hydrogen-bond acceptors (Lipinski definition) is 2. The van der Waals surface area contributed by atoms with Gasteiger partial charge >= 0.3 is 0 Å². The second-order valence-corrected chi connectivity index (χ2v) is 4.27. The molecule has 15 heavy (non-hydrogen) atoms. The molecule has 0 aliphatic rings. The van der Waals surface area contributed by atoms with E-state index in [4.69, 9.17) is 5.73 Å². The minimum absolute atomic E-state index is 0.558. The Labute approximate surface area is 92.9 Å². The summed E-state index contributed by atoms with van der Waals surface area (Å²) in [6.07, 6.45) is 8.28. The number of anilines is 1. The first kappa shape index (κ1) is 12.0. The lowest BCUT2D eigenvalue weighted by Gasteiger charge is -2.10. The van der Waals surface area contributed by atoms with Crippen LogP contribution in [-0.2, 0) is 0 Å². The summed E-state index contributed by atoms with van der Waals surface area (Å²) in [6, 6.07) is 3.98. The zero-order chi connectivity index (χ0) is 11.1. The lowest BCUT2D eigenvalue weighted by molar-refractivity contribution is 0.572. The van der Waals surface area contributed by atoms with Crippen molar-refractivity contribution in [2.45, 2.75) is 51.9 Å². The van der Waals surface area contributed by atoms with Crippen molar-refractivity contribution in [3.05, 3.63) is 24.0 Å². The first-order valence-electron chi connectivity index (χ1n) is 5.95. The molecule has 84 valence electrons. The van der Waals surface area contributed by atoms with E-state index >= 15 is 0 Å². The van der Waals surface area contributed by atoms with Crippen LogP contribution >= 0.6 is 0 Å². The molecule has 0 amide bonds. The van der Waals surface area contributed by atoms with Crippen LogP contribution in [-0.4, -0.2) is 4.98 Å². The van der Waals surface area contributed by atoms with Crippen LogP contribution in [0.1, 0.15) is 57.6 Å². The van der Waals surface area contributed by atoms with Gasteiger partial charge < -0.3 is 5.73 Å². The third-order valence-electron chi connectivity index (χ3n) is 2.80. The van der Waals surface area contributed by atoms with E-state index in [9.17, 15) is 0 Å². The topological polar surface area (TPSA) is 38.9 Å². The van der Waals surface area contributed by atoms with Crippen molar-refractivity contribution in [2.24, 2.45) is 0 Å². The van der Waals surface area contributed by atoms with E-state index in [2.05, 4.69) is 18.8 Å². The predicted molar refractivity (Wildman–Crippen MR) is 65.8 cm³/mol. The lowest BCUT2D eigenvalue weighted by atomic mass is 9.99. The summed E-state index contributed by atoms with van der Waals surface area (Å²) in [5, 5.41) is 0. The van der Waals surface area contributed by atoms with Crippen molar-refractivity contribution < 1.29 is 0 Å². The summed E-state index contributed by atoms with van der Waals surface area (Å²) >= 11 is 0. The fraction of sp³-hybridized carbons (Fsp3) is 0.615. The summed E-state index contributed by atoms with van der Waals surface area (Å²) in [5.41, 5.74) is 7.52. The van der Waals surface area contributed by atoms with E-state index in [-0.39, 0.29) is 0 Å². The number of nitrogen functional groups attached to an aromatic ring is 1. The highest BCUT2D eigenvalue weighted by molar-refractivity contribution is 5.35. The van der Waals surface area contributed by atoms with Crippen LogP contribution in [0.2, 0.25) is 0 Å². The van der Waals surface area contributed by atoms with Crippen molar-refractivity contribution >= 4 is 5.69 Å². The summed E-state index contributed by atoms with van der Waals surface area (Å²) in [5.74, 6) is 0.558. The van der Waals surface area contributed by atoms with Gasteiger partial charge in [-0.2, -0.15) is 0 Å². The molecule has 0 aliphatic carbocycles. The molecule has 0 radical (unpaired) electrons. The summed E-state index contributed by atoms with van der Waals surface area (Å²) < 4.78 is 0. The van der Waals surface area contributed by atoms with Gasteiger partial charge in [-0.25, -0.2) is 0 Å². The Balaban J connectivity index is 2.33. The smallest absolute Gasteiger partial charge is 0.0501 e. The van der Waals surface area contributed by atoms with Crippen molar-refractivity contribution in [1.82, 2.24) is 4.98 Å². The van der Waals surface area contributed by atoms with Crippen molar-refractivity contribution in [2.75, 3.05) is 5.73 Å². The highest BCUT2D eigenvalue weighted by Gasteiger charge is 2.05. The number of rotatable bonds is 6. The third-order valence-corrected chi connectivity index (χ3v) is 2.80. The predicted octanol–water partition coefficient (Wildman–Crippen LogP) is 3.74. The lowest BCUT2D eigenvalue weighted by Crippen LogP contribution is -1.98. The molecule has 1 atom stereocenters. The van der Waals surface area contributed by atoms with Crippen LogP contribution in [0, 0.1) is 0 Å². The quantitative estimate of drug-likeness (QED) is 0.720. The highest BCUT2D eigenvalue weighted by Crippen LogP contribution is 2.20. The van der Waals surface area contributed by atoms with Gasteiger partial charge in [-0.05, 0) is 24.5 Å². The molecule has 0 spiro atoms. The van der Waals surface area contributed by atoms with E-state index in [1.165, 1.54) is 37.8 Å². The highest BCUT2D eigenvalue weighted by atomic mass is 14.7. The number of nitrogens with two attached hydrogens (primary N) is 1. The zero-order valence-corrected chi connectivity index (χ0v) is 9.87. The number of unbranched alkanes of at least 4 members (excludes halogenated alkanes) is 3. The number of pyridine rings is 1. The van der Waals surface area contributed by atoms with Crippen LogP contribution in [0.3, 0.4) is 0 Å². The normalized spacial score (nSPS) is 12.7. The molecule has 1 unspecified atom stereocenters. The third kappa shape index (κ3) is 4.32. The molecule has 0 saturated heterocycles. The Morgan fingerprint density at radius 3 is 2.67 bits per heavy atom. The van der Waals surface area contributed by atoms with Gasteiger partial charge in [0.2, 0.25) is 0 Å². The van der Waals surface area contributed by atoms with Crippen LogP contribution in [0.25, 0.3) is 0 Å². The maximum absolute atomic E-state index is 5.60. The average molecular weight is 206 g/mol. The van der Waals surface area contributed by atoms with Gasteiger partial charge in [-0.15, -0.1) is 0 Å². The number of nitrogens with zero attached hydrogens (tertiary/aromatic N) is 1. The summed E-state index contributed by atoms with van der Waals surface area (Å²) in [4.78, 5) is 4.35. The molecule has 0 bridgehead atoms. The number of hydrogen-bond donors (Lipinski definition) is 1. The maximum Gasteiger partial charge on any atom is 0.0501 e. The Hall–Kier alpha value is -1.05. The maximum atomic E-state index is 5.60. The Morgan fingerprint density at radius 1 is 1.27 bits per heavy atom. The largest absolute Gasteiger partial charge is 0.397 e. The van der Waals surface area contributed by atoms with Crippen molar-refractivity contribution in [3.63, 3.8) is 0 Å². The second kappa shape index (κ2) is 6.44. The molecule has 1 aromatic heterocycles. The van der Waals surface area contributed by atoms with E-state index in [0.717, 1.165) is 5.69 Å². The Bertz CT molecular complexity index is 266. The molecule has 1 aromatic rings. The number of aromatic nitrogens is 1. The Morgan fingerprint density at radius 2 is 2.07 bits per heavy atom. The van der Waals surface area contributed by atoms with Crippen LogP contribution in [0.5, 0.6) is 0 Å². The SMILES string of the molecule is CCCCCCC(C)c1ccc(N)cn1. The van der Waals surface area contributed by atoms with Gasteiger partial charge in [-0.1, -0.05) is 39.5 Å². The molecule has 1 heterocycles. The molecular formula is C13H22N2. The van der Waals surface area contributed by atoms with Crippen molar-refractivity contribution in [1.29, 1.82) is 0 Å². The fourth-order valence-electron chi connectivity index (χ4n) is 1.73. The van der Waals surface area contributed by atoms with Gasteiger partial charge in [0, 0.05) is 5.69 Å². The van der Waals surface area contributed by atoms with Gasteiger partial charge in [-0.3, -0.25) is 4.98 Å². The average Bonchev–Trinajstić information content (AvgIpc) is 2.25. The van der Waals surface area contributed by atoms with Gasteiger partial charge in [0.05, 0.1) is 11.9 Å². The summed E-state index contributed by atoms with van der Waals surface area (Å²) in [6.45, 7) is 4.48. The Kier molecular flexibility index (Phi) is 5.16. The monoisotopic (exact) mass is 206 g/mol. The minimum atomic E-state index is 0.558. The fourth-order valence-corrected chi connectivity index (χ4v) is 1.73. The van der Waals surface area contributed by atoms with E-state index in [0.29, 0.717) is 5.92 Å². The molecule has 2 N–H and O–H groups in total. The molecule has 2 heteroatoms. The van der Waals surface area contributed by atoms with E-state index in [1.807, 2.05) is 12.1 Å². The minimum Gasteiger partial charge on any atom is -0.397 e. The molecular weight excluding hydrogens is 184 g/mol. The second-order valence-electron chi connectivity index (χ2n) is 4.27. The van der Waals surface area contributed by atoms with Crippen LogP contribution in [0.4, 0.5) is 5.69 Å². The van der Waals surface area contributed by atoms with Gasteiger partial charge in [0.25, 0.3) is 0 Å². The van der Waals surface area contributed by atoms with Gasteiger partial charge in [0.1, 0.15) is 0 Å². The summed E-state index contributed by atoms with van der Waals surface area (Å²) in [7, 11) is 0. The standard InChI is InChI=1S/C13H22N2/c1-3-4-5-6-7-11(2)13-9-8-12(14)10-15-13/h8-11H,3-7,14H2,1-2H3. The molecule has 0 saturated carbocycles. The zero-order valence-electron chi connectivity index (χ0n) is 9.87. The molecule has 1 rings (SSSR count). The van der Waals surface area contributed by atoms with Gasteiger partial charge in [0.15, 0.2) is 0 Å². The van der Waals surface area contributed by atoms with E-state index < -0.39 is 0 Å².